The summed E-state index contributed by atoms with van der Waals surface area (Å²) < 4.78 is 0. The van der Waals surface area contributed by atoms with Crippen LogP contribution in [0.5, 0.6) is 0 Å². The van der Waals surface area contributed by atoms with Gasteiger partial charge in [0.15, 0.2) is 0 Å². The van der Waals surface area contributed by atoms with Crippen molar-refractivity contribution >= 4 is 11.8 Å². The van der Waals surface area contributed by atoms with Crippen molar-refractivity contribution in [2.45, 2.75) is 56.4 Å². The number of hydrogen-bond acceptors (Lipinski definition) is 2. The van der Waals surface area contributed by atoms with Gasteiger partial charge in [0, 0.05) is 17.3 Å². The molecule has 0 aliphatic heterocycles. The van der Waals surface area contributed by atoms with Gasteiger partial charge in [-0.1, -0.05) is 37.3 Å². The molecule has 1 fully saturated rings. The normalized spacial score (nSPS) is 25.9. The van der Waals surface area contributed by atoms with E-state index in [9.17, 15) is 0 Å². The second-order valence-electron chi connectivity index (χ2n) is 5.25. The van der Waals surface area contributed by atoms with Crippen LogP contribution in [-0.4, -0.2) is 17.5 Å². The van der Waals surface area contributed by atoms with Crippen LogP contribution in [0.3, 0.4) is 0 Å². The zero-order valence-corrected chi connectivity index (χ0v) is 12.4. The highest BCUT2D eigenvalue weighted by molar-refractivity contribution is 7.99. The van der Waals surface area contributed by atoms with Crippen LogP contribution in [0.15, 0.2) is 30.3 Å². The molecule has 1 aromatic carbocycles. The highest BCUT2D eigenvalue weighted by Crippen LogP contribution is 2.28. The molecule has 1 N–H and O–H groups in total. The minimum atomic E-state index is 0.530. The molecule has 0 spiro atoms. The molecule has 18 heavy (non-hydrogen) atoms. The highest BCUT2D eigenvalue weighted by Gasteiger charge is 2.22. The molecule has 100 valence electrons. The molecule has 1 unspecified atom stereocenters. The minimum Gasteiger partial charge on any atom is -0.307 e. The van der Waals surface area contributed by atoms with Gasteiger partial charge in [-0.2, -0.15) is 11.8 Å². The first-order valence-corrected chi connectivity index (χ1v) is 8.46. The van der Waals surface area contributed by atoms with Crippen molar-refractivity contribution in [3.63, 3.8) is 0 Å². The Kier molecular flexibility index (Phi) is 5.58. The number of hydrogen-bond donors (Lipinski definition) is 1. The fourth-order valence-electron chi connectivity index (χ4n) is 2.88. The number of rotatable bonds is 5. The predicted molar refractivity (Wildman–Crippen MR) is 82.2 cm³/mol. The molecule has 0 radical (unpaired) electrons. The van der Waals surface area contributed by atoms with Crippen LogP contribution >= 0.6 is 11.8 Å². The summed E-state index contributed by atoms with van der Waals surface area (Å²) in [6, 6.07) is 12.1. The molecule has 0 saturated heterocycles. The summed E-state index contributed by atoms with van der Waals surface area (Å²) in [5.41, 5.74) is 1.44. The van der Waals surface area contributed by atoms with Crippen molar-refractivity contribution in [2.24, 2.45) is 0 Å². The van der Waals surface area contributed by atoms with E-state index in [0.717, 1.165) is 11.3 Å². The van der Waals surface area contributed by atoms with Gasteiger partial charge >= 0.3 is 0 Å². The van der Waals surface area contributed by atoms with Crippen LogP contribution in [0.4, 0.5) is 0 Å². The van der Waals surface area contributed by atoms with Gasteiger partial charge in [0.25, 0.3) is 0 Å². The molecule has 2 rings (SSSR count). The lowest BCUT2D eigenvalue weighted by Gasteiger charge is -2.31. The standard InChI is InChI=1S/C16H25NS/c1-3-16(13-7-5-4-6-8-13)17-14-9-11-15(18-2)12-10-14/h4-8,14-17H,3,9-12H2,1-2H3. The van der Waals surface area contributed by atoms with Gasteiger partial charge in [0.05, 0.1) is 0 Å². The monoisotopic (exact) mass is 263 g/mol. The number of thioether (sulfide) groups is 1. The molecule has 1 saturated carbocycles. The average molecular weight is 263 g/mol. The van der Waals surface area contributed by atoms with E-state index < -0.39 is 0 Å². The van der Waals surface area contributed by atoms with E-state index in [-0.39, 0.29) is 0 Å². The second kappa shape index (κ2) is 7.20. The maximum Gasteiger partial charge on any atom is 0.0320 e. The Morgan fingerprint density at radius 1 is 1.17 bits per heavy atom. The lowest BCUT2D eigenvalue weighted by Crippen LogP contribution is -2.36. The molecule has 2 heteroatoms. The third kappa shape index (κ3) is 3.76. The summed E-state index contributed by atoms with van der Waals surface area (Å²) in [6.07, 6.45) is 8.86. The summed E-state index contributed by atoms with van der Waals surface area (Å²) in [6.45, 7) is 2.28. The second-order valence-corrected chi connectivity index (χ2v) is 6.39. The third-order valence-electron chi connectivity index (χ3n) is 4.05. The quantitative estimate of drug-likeness (QED) is 0.845. The maximum absolute atomic E-state index is 3.86. The molecule has 1 aliphatic carbocycles. The van der Waals surface area contributed by atoms with E-state index in [2.05, 4.69) is 48.8 Å². The van der Waals surface area contributed by atoms with Gasteiger partial charge in [-0.05, 0) is 43.9 Å². The Morgan fingerprint density at radius 2 is 1.83 bits per heavy atom. The van der Waals surface area contributed by atoms with Crippen molar-refractivity contribution in [3.8, 4) is 0 Å². The average Bonchev–Trinajstić information content (AvgIpc) is 2.46. The summed E-state index contributed by atoms with van der Waals surface area (Å²) in [4.78, 5) is 0. The summed E-state index contributed by atoms with van der Waals surface area (Å²) in [7, 11) is 0. The summed E-state index contributed by atoms with van der Waals surface area (Å²) in [5, 5.41) is 4.76. The van der Waals surface area contributed by atoms with Crippen molar-refractivity contribution in [3.05, 3.63) is 35.9 Å². The van der Waals surface area contributed by atoms with Crippen LogP contribution in [0, 0.1) is 0 Å². The lowest BCUT2D eigenvalue weighted by atomic mass is 9.93. The van der Waals surface area contributed by atoms with Gasteiger partial charge in [0.1, 0.15) is 0 Å². The van der Waals surface area contributed by atoms with Crippen LogP contribution < -0.4 is 5.32 Å². The van der Waals surface area contributed by atoms with Gasteiger partial charge in [-0.15, -0.1) is 0 Å². The Hall–Kier alpha value is -0.470. The Bertz CT molecular complexity index is 330. The fraction of sp³-hybridized carbons (Fsp3) is 0.625. The SMILES string of the molecule is CCC(NC1CCC(SC)CC1)c1ccccc1. The molecule has 1 aliphatic rings. The summed E-state index contributed by atoms with van der Waals surface area (Å²) >= 11 is 2.04. The Morgan fingerprint density at radius 3 is 2.39 bits per heavy atom. The first-order valence-electron chi connectivity index (χ1n) is 7.17. The van der Waals surface area contributed by atoms with Gasteiger partial charge < -0.3 is 5.32 Å². The van der Waals surface area contributed by atoms with Crippen molar-refractivity contribution in [1.29, 1.82) is 0 Å². The van der Waals surface area contributed by atoms with E-state index in [1.54, 1.807) is 0 Å². The van der Waals surface area contributed by atoms with Gasteiger partial charge in [-0.3, -0.25) is 0 Å². The van der Waals surface area contributed by atoms with E-state index in [1.807, 2.05) is 11.8 Å². The van der Waals surface area contributed by atoms with Gasteiger partial charge in [0.2, 0.25) is 0 Å². The van der Waals surface area contributed by atoms with E-state index in [0.29, 0.717) is 6.04 Å². The molecule has 1 atom stereocenters. The topological polar surface area (TPSA) is 12.0 Å². The molecule has 0 aromatic heterocycles. The predicted octanol–water partition coefficient (Wildman–Crippen LogP) is 4.40. The van der Waals surface area contributed by atoms with E-state index in [4.69, 9.17) is 0 Å². The Balaban J connectivity index is 1.88. The van der Waals surface area contributed by atoms with Gasteiger partial charge in [-0.25, -0.2) is 0 Å². The molecule has 0 bridgehead atoms. The fourth-order valence-corrected chi connectivity index (χ4v) is 3.63. The number of nitrogens with one attached hydrogen (secondary N) is 1. The van der Waals surface area contributed by atoms with Crippen LogP contribution in [0.1, 0.15) is 50.6 Å². The maximum atomic E-state index is 3.86. The molecule has 1 aromatic rings. The number of benzene rings is 1. The van der Waals surface area contributed by atoms with E-state index in [1.165, 1.54) is 37.7 Å². The first-order chi connectivity index (χ1) is 8.83. The van der Waals surface area contributed by atoms with Crippen molar-refractivity contribution in [2.75, 3.05) is 6.26 Å². The molecular weight excluding hydrogens is 238 g/mol. The Labute approximate surface area is 116 Å². The zero-order valence-electron chi connectivity index (χ0n) is 11.6. The smallest absolute Gasteiger partial charge is 0.0320 e. The highest BCUT2D eigenvalue weighted by atomic mass is 32.2. The third-order valence-corrected chi connectivity index (χ3v) is 5.19. The van der Waals surface area contributed by atoms with Crippen LogP contribution in [-0.2, 0) is 0 Å². The molecule has 0 amide bonds. The van der Waals surface area contributed by atoms with Crippen molar-refractivity contribution in [1.82, 2.24) is 5.32 Å². The van der Waals surface area contributed by atoms with Crippen molar-refractivity contribution < 1.29 is 0 Å². The zero-order chi connectivity index (χ0) is 12.8. The molecule has 0 heterocycles. The summed E-state index contributed by atoms with van der Waals surface area (Å²) in [5.74, 6) is 0. The molecule has 1 nitrogen and oxygen atoms in total. The largest absolute Gasteiger partial charge is 0.307 e. The van der Waals surface area contributed by atoms with E-state index >= 15 is 0 Å². The minimum absolute atomic E-state index is 0.530. The van der Waals surface area contributed by atoms with Crippen LogP contribution in [0.2, 0.25) is 0 Å². The first kappa shape index (κ1) is 14.0. The lowest BCUT2D eigenvalue weighted by molar-refractivity contribution is 0.339. The van der Waals surface area contributed by atoms with Crippen LogP contribution in [0.25, 0.3) is 0 Å². The molecular formula is C16H25NS.